The van der Waals surface area contributed by atoms with Crippen molar-refractivity contribution in [3.63, 3.8) is 0 Å². The van der Waals surface area contributed by atoms with Gasteiger partial charge in [-0.1, -0.05) is 26.2 Å². The fourth-order valence-corrected chi connectivity index (χ4v) is 3.94. The molecule has 2 fully saturated rings. The molecule has 1 aliphatic carbocycles. The maximum Gasteiger partial charge on any atom is 0.0950 e. The highest BCUT2D eigenvalue weighted by Crippen LogP contribution is 2.37. The summed E-state index contributed by atoms with van der Waals surface area (Å²) >= 11 is 0. The molecule has 1 saturated carbocycles. The predicted octanol–water partition coefficient (Wildman–Crippen LogP) is 3.49. The Bertz CT molecular complexity index is 392. The van der Waals surface area contributed by atoms with Crippen LogP contribution in [0, 0.1) is 5.92 Å². The first-order valence-electron chi connectivity index (χ1n) is 8.11. The Morgan fingerprint density at radius 3 is 2.89 bits per heavy atom. The van der Waals surface area contributed by atoms with Crippen LogP contribution in [-0.2, 0) is 0 Å². The average Bonchev–Trinajstić information content (AvgIpc) is 2.98. The van der Waals surface area contributed by atoms with E-state index in [0.29, 0.717) is 6.04 Å². The van der Waals surface area contributed by atoms with E-state index in [1.807, 2.05) is 0 Å². The Hall–Kier alpha value is -0.830. The molecule has 2 heterocycles. The molecule has 0 aromatic carbocycles. The second-order valence-electron chi connectivity index (χ2n) is 6.34. The molecule has 3 nitrogen and oxygen atoms in total. The summed E-state index contributed by atoms with van der Waals surface area (Å²) in [4.78, 5) is 4.47. The maximum atomic E-state index is 4.47. The van der Waals surface area contributed by atoms with Crippen LogP contribution in [0.1, 0.15) is 69.5 Å². The summed E-state index contributed by atoms with van der Waals surface area (Å²) in [6.07, 6.45) is 13.7. The van der Waals surface area contributed by atoms with Crippen molar-refractivity contribution >= 4 is 0 Å². The number of aromatic nitrogens is 2. The van der Waals surface area contributed by atoms with Gasteiger partial charge in [-0.3, -0.25) is 0 Å². The molecule has 0 amide bonds. The molecule has 3 heteroatoms. The van der Waals surface area contributed by atoms with Crippen LogP contribution in [-0.4, -0.2) is 22.6 Å². The summed E-state index contributed by atoms with van der Waals surface area (Å²) in [5.41, 5.74) is 1.50. The second kappa shape index (κ2) is 6.08. The van der Waals surface area contributed by atoms with E-state index in [2.05, 4.69) is 34.3 Å². The van der Waals surface area contributed by atoms with Gasteiger partial charge in [0.15, 0.2) is 0 Å². The van der Waals surface area contributed by atoms with Crippen molar-refractivity contribution in [3.8, 4) is 0 Å². The zero-order chi connectivity index (χ0) is 13.1. The van der Waals surface area contributed by atoms with Gasteiger partial charge in [-0.15, -0.1) is 0 Å². The summed E-state index contributed by atoms with van der Waals surface area (Å²) in [5.74, 6) is 1.66. The largest absolute Gasteiger partial charge is 0.331 e. The Labute approximate surface area is 116 Å². The molecular formula is C16H27N3. The molecular weight excluding hydrogens is 234 g/mol. The lowest BCUT2D eigenvalue weighted by molar-refractivity contribution is 0.253. The van der Waals surface area contributed by atoms with Gasteiger partial charge in [0.1, 0.15) is 0 Å². The van der Waals surface area contributed by atoms with E-state index < -0.39 is 0 Å². The number of hydrogen-bond acceptors (Lipinski definition) is 2. The molecule has 2 unspecified atom stereocenters. The van der Waals surface area contributed by atoms with Crippen LogP contribution in [0.25, 0.3) is 0 Å². The normalized spacial score (nSPS) is 29.5. The van der Waals surface area contributed by atoms with Crippen molar-refractivity contribution < 1.29 is 0 Å². The first-order chi connectivity index (χ1) is 9.38. The van der Waals surface area contributed by atoms with Gasteiger partial charge in [-0.05, 0) is 44.7 Å². The highest BCUT2D eigenvalue weighted by molar-refractivity contribution is 5.09. The molecule has 106 valence electrons. The van der Waals surface area contributed by atoms with Crippen molar-refractivity contribution in [1.82, 2.24) is 14.9 Å². The van der Waals surface area contributed by atoms with Gasteiger partial charge in [-0.25, -0.2) is 4.98 Å². The van der Waals surface area contributed by atoms with Crippen LogP contribution >= 0.6 is 0 Å². The number of nitrogens with one attached hydrogen (secondary N) is 1. The monoisotopic (exact) mass is 261 g/mol. The van der Waals surface area contributed by atoms with Crippen molar-refractivity contribution in [2.45, 2.75) is 63.8 Å². The standard InChI is InChI=1S/C16H27N3/c1-2-13-4-3-5-15(10-13)19-12-18-11-16(19)14-6-8-17-9-7-14/h11-15,17H,2-10H2,1H3. The van der Waals surface area contributed by atoms with E-state index in [4.69, 9.17) is 0 Å². The fraction of sp³-hybridized carbons (Fsp3) is 0.812. The topological polar surface area (TPSA) is 29.9 Å². The molecule has 2 aliphatic rings. The smallest absolute Gasteiger partial charge is 0.0950 e. The number of piperidine rings is 1. The highest BCUT2D eigenvalue weighted by Gasteiger charge is 2.26. The summed E-state index contributed by atoms with van der Waals surface area (Å²) in [7, 11) is 0. The molecule has 1 N–H and O–H groups in total. The van der Waals surface area contributed by atoms with Crippen molar-refractivity contribution in [2.24, 2.45) is 5.92 Å². The third-order valence-corrected chi connectivity index (χ3v) is 5.18. The lowest BCUT2D eigenvalue weighted by Crippen LogP contribution is -2.28. The van der Waals surface area contributed by atoms with Crippen LogP contribution in [0.15, 0.2) is 12.5 Å². The van der Waals surface area contributed by atoms with Gasteiger partial charge in [0, 0.05) is 23.9 Å². The number of hydrogen-bond donors (Lipinski definition) is 1. The summed E-state index contributed by atoms with van der Waals surface area (Å²) in [5, 5.41) is 3.46. The Kier molecular flexibility index (Phi) is 4.21. The second-order valence-corrected chi connectivity index (χ2v) is 6.34. The minimum absolute atomic E-state index is 0.714. The molecule has 19 heavy (non-hydrogen) atoms. The fourth-order valence-electron chi connectivity index (χ4n) is 3.94. The van der Waals surface area contributed by atoms with Crippen LogP contribution in [0.2, 0.25) is 0 Å². The zero-order valence-electron chi connectivity index (χ0n) is 12.1. The predicted molar refractivity (Wildman–Crippen MR) is 78.4 cm³/mol. The number of rotatable bonds is 3. The minimum Gasteiger partial charge on any atom is -0.331 e. The number of nitrogens with zero attached hydrogens (tertiary/aromatic N) is 2. The Morgan fingerprint density at radius 1 is 1.26 bits per heavy atom. The van der Waals surface area contributed by atoms with Crippen molar-refractivity contribution in [3.05, 3.63) is 18.2 Å². The van der Waals surface area contributed by atoms with Gasteiger partial charge in [0.25, 0.3) is 0 Å². The average molecular weight is 261 g/mol. The van der Waals surface area contributed by atoms with E-state index in [9.17, 15) is 0 Å². The first kappa shape index (κ1) is 13.2. The molecule has 3 rings (SSSR count). The van der Waals surface area contributed by atoms with Crippen LogP contribution in [0.4, 0.5) is 0 Å². The van der Waals surface area contributed by atoms with Crippen molar-refractivity contribution in [2.75, 3.05) is 13.1 Å². The molecule has 0 spiro atoms. The number of imidazole rings is 1. The Morgan fingerprint density at radius 2 is 2.11 bits per heavy atom. The van der Waals surface area contributed by atoms with Crippen LogP contribution in [0.3, 0.4) is 0 Å². The van der Waals surface area contributed by atoms with Gasteiger partial charge in [0.05, 0.1) is 6.33 Å². The zero-order valence-corrected chi connectivity index (χ0v) is 12.1. The van der Waals surface area contributed by atoms with E-state index in [-0.39, 0.29) is 0 Å². The molecule has 0 radical (unpaired) electrons. The maximum absolute atomic E-state index is 4.47. The molecule has 1 saturated heterocycles. The third-order valence-electron chi connectivity index (χ3n) is 5.18. The quantitative estimate of drug-likeness (QED) is 0.902. The van der Waals surface area contributed by atoms with E-state index in [1.54, 1.807) is 0 Å². The van der Waals surface area contributed by atoms with E-state index in [0.717, 1.165) is 24.9 Å². The SMILES string of the molecule is CCC1CCCC(n2cncc2C2CCNCC2)C1. The summed E-state index contributed by atoms with van der Waals surface area (Å²) in [6, 6.07) is 0.714. The molecule has 1 aromatic heterocycles. The molecule has 2 atom stereocenters. The van der Waals surface area contributed by atoms with Gasteiger partial charge in [0.2, 0.25) is 0 Å². The molecule has 1 aliphatic heterocycles. The molecule has 1 aromatic rings. The summed E-state index contributed by atoms with van der Waals surface area (Å²) < 4.78 is 2.53. The minimum atomic E-state index is 0.714. The summed E-state index contributed by atoms with van der Waals surface area (Å²) in [6.45, 7) is 4.67. The highest BCUT2D eigenvalue weighted by atomic mass is 15.1. The third kappa shape index (κ3) is 2.86. The van der Waals surface area contributed by atoms with Gasteiger partial charge in [-0.2, -0.15) is 0 Å². The van der Waals surface area contributed by atoms with E-state index >= 15 is 0 Å². The lowest BCUT2D eigenvalue weighted by atomic mass is 9.83. The molecule has 0 bridgehead atoms. The van der Waals surface area contributed by atoms with Crippen LogP contribution in [0.5, 0.6) is 0 Å². The van der Waals surface area contributed by atoms with Crippen LogP contribution < -0.4 is 5.32 Å². The van der Waals surface area contributed by atoms with Crippen molar-refractivity contribution in [1.29, 1.82) is 0 Å². The Balaban J connectivity index is 1.75. The van der Waals surface area contributed by atoms with Gasteiger partial charge >= 0.3 is 0 Å². The first-order valence-corrected chi connectivity index (χ1v) is 8.11. The van der Waals surface area contributed by atoms with Gasteiger partial charge < -0.3 is 9.88 Å². The lowest BCUT2D eigenvalue weighted by Gasteiger charge is -2.32. The van der Waals surface area contributed by atoms with E-state index in [1.165, 1.54) is 50.6 Å².